The molecule has 1 atom stereocenters. The molecule has 166 valence electrons. The molecule has 1 amide bonds. The minimum atomic E-state index is -0.522. The molecule has 3 aromatic heterocycles. The predicted molar refractivity (Wildman–Crippen MR) is 124 cm³/mol. The fraction of sp³-hybridized carbons (Fsp3) is 0.130. The molecule has 0 fully saturated rings. The number of amides is 1. The Morgan fingerprint density at radius 2 is 1.91 bits per heavy atom. The second-order valence-corrected chi connectivity index (χ2v) is 7.37. The van der Waals surface area contributed by atoms with E-state index in [0.29, 0.717) is 11.5 Å². The quantitative estimate of drug-likeness (QED) is 0.282. The number of aromatic amines is 1. The molecule has 33 heavy (non-hydrogen) atoms. The third kappa shape index (κ3) is 4.69. The molecule has 0 aliphatic carbocycles. The molecule has 10 heteroatoms. The number of nitro benzene ring substituents is 1. The summed E-state index contributed by atoms with van der Waals surface area (Å²) in [4.78, 5) is 32.2. The van der Waals surface area contributed by atoms with Crippen molar-refractivity contribution >= 4 is 23.1 Å². The highest BCUT2D eigenvalue weighted by Gasteiger charge is 2.21. The average molecular weight is 443 g/mol. The molecule has 0 spiro atoms. The summed E-state index contributed by atoms with van der Waals surface area (Å²) < 4.78 is 0. The maximum absolute atomic E-state index is 12.8. The van der Waals surface area contributed by atoms with Crippen LogP contribution >= 0.6 is 0 Å². The molecule has 10 nitrogen and oxygen atoms in total. The van der Waals surface area contributed by atoms with Crippen molar-refractivity contribution in [3.8, 4) is 11.3 Å². The molecule has 4 rings (SSSR count). The lowest BCUT2D eigenvalue weighted by molar-refractivity contribution is -0.384. The minimum absolute atomic E-state index is 0.144. The third-order valence-corrected chi connectivity index (χ3v) is 5.17. The van der Waals surface area contributed by atoms with E-state index in [-0.39, 0.29) is 17.3 Å². The van der Waals surface area contributed by atoms with E-state index in [1.807, 2.05) is 38.1 Å². The van der Waals surface area contributed by atoms with Gasteiger partial charge in [0.1, 0.15) is 5.69 Å². The first-order valence-corrected chi connectivity index (χ1v) is 10.2. The van der Waals surface area contributed by atoms with Gasteiger partial charge < -0.3 is 10.6 Å². The summed E-state index contributed by atoms with van der Waals surface area (Å²) in [5, 5.41) is 24.6. The van der Waals surface area contributed by atoms with Gasteiger partial charge in [-0.1, -0.05) is 6.07 Å². The summed E-state index contributed by atoms with van der Waals surface area (Å²) in [6.07, 6.45) is 4.99. The highest BCUT2D eigenvalue weighted by atomic mass is 16.6. The summed E-state index contributed by atoms with van der Waals surface area (Å²) in [6.45, 7) is 3.68. The lowest BCUT2D eigenvalue weighted by Crippen LogP contribution is -2.14. The summed E-state index contributed by atoms with van der Waals surface area (Å²) >= 11 is 0. The summed E-state index contributed by atoms with van der Waals surface area (Å²) in [7, 11) is 0. The number of pyridine rings is 2. The molecule has 3 N–H and O–H groups in total. The van der Waals surface area contributed by atoms with Gasteiger partial charge in [0.2, 0.25) is 0 Å². The van der Waals surface area contributed by atoms with Crippen LogP contribution in [0, 0.1) is 17.0 Å². The van der Waals surface area contributed by atoms with Gasteiger partial charge >= 0.3 is 0 Å². The largest absolute Gasteiger partial charge is 0.371 e. The van der Waals surface area contributed by atoms with Gasteiger partial charge in [0.05, 0.1) is 22.4 Å². The van der Waals surface area contributed by atoms with Crippen LogP contribution in [0.3, 0.4) is 0 Å². The number of H-pyrrole nitrogens is 1. The van der Waals surface area contributed by atoms with Crippen molar-refractivity contribution in [2.75, 3.05) is 10.6 Å². The predicted octanol–water partition coefficient (Wildman–Crippen LogP) is 4.51. The zero-order valence-electron chi connectivity index (χ0n) is 17.9. The zero-order valence-corrected chi connectivity index (χ0v) is 17.9. The Bertz CT molecular complexity index is 1290. The van der Waals surface area contributed by atoms with Gasteiger partial charge in [-0.3, -0.25) is 30.0 Å². The summed E-state index contributed by atoms with van der Waals surface area (Å²) in [5.41, 5.74) is 3.35. The van der Waals surface area contributed by atoms with E-state index in [9.17, 15) is 14.9 Å². The first-order chi connectivity index (χ1) is 15.9. The van der Waals surface area contributed by atoms with Crippen molar-refractivity contribution in [1.82, 2.24) is 20.2 Å². The standard InChI is InChI=1S/C23H21N7O3/c1-14-21(16-8-11-24-12-9-16)28-29-22(14)27-23(31)17-6-7-19(20(13-17)30(32)33)26-15(2)18-5-3-4-10-25-18/h3-13,15,26H,1-2H3,(H2,27,28,29,31). The molecule has 1 unspecified atom stereocenters. The van der Waals surface area contributed by atoms with E-state index < -0.39 is 10.8 Å². The van der Waals surface area contributed by atoms with Gasteiger partial charge in [0, 0.05) is 41.3 Å². The fourth-order valence-corrected chi connectivity index (χ4v) is 3.38. The molecular formula is C23H21N7O3. The minimum Gasteiger partial charge on any atom is -0.371 e. The van der Waals surface area contributed by atoms with Gasteiger partial charge in [-0.15, -0.1) is 0 Å². The Kier molecular flexibility index (Phi) is 6.07. The number of hydrogen-bond acceptors (Lipinski definition) is 7. The molecule has 4 aromatic rings. The van der Waals surface area contributed by atoms with E-state index >= 15 is 0 Å². The van der Waals surface area contributed by atoms with Gasteiger partial charge in [-0.05, 0) is 50.2 Å². The van der Waals surface area contributed by atoms with Crippen molar-refractivity contribution in [2.45, 2.75) is 19.9 Å². The monoisotopic (exact) mass is 443 g/mol. The molecule has 0 bridgehead atoms. The van der Waals surface area contributed by atoms with Crippen molar-refractivity contribution < 1.29 is 9.72 Å². The number of benzene rings is 1. The number of anilines is 2. The Balaban J connectivity index is 1.55. The maximum Gasteiger partial charge on any atom is 0.293 e. The SMILES string of the molecule is Cc1c(NC(=O)c2ccc(NC(C)c3ccccn3)c([N+](=O)[O-])c2)n[nH]c1-c1ccncc1. The zero-order chi connectivity index (χ0) is 23.4. The molecule has 0 radical (unpaired) electrons. The number of carbonyl (C=O) groups is 1. The van der Waals surface area contributed by atoms with Crippen LogP contribution in [0.1, 0.15) is 34.6 Å². The molecule has 0 aliphatic heterocycles. The van der Waals surface area contributed by atoms with Crippen molar-refractivity contribution in [1.29, 1.82) is 0 Å². The molecular weight excluding hydrogens is 422 g/mol. The lowest BCUT2D eigenvalue weighted by atomic mass is 10.1. The average Bonchev–Trinajstić information content (AvgIpc) is 3.20. The normalized spacial score (nSPS) is 11.6. The topological polar surface area (TPSA) is 139 Å². The Morgan fingerprint density at radius 3 is 2.61 bits per heavy atom. The van der Waals surface area contributed by atoms with E-state index in [4.69, 9.17) is 0 Å². The number of nitro groups is 1. The summed E-state index contributed by atoms with van der Waals surface area (Å²) in [5.74, 6) is -0.154. The van der Waals surface area contributed by atoms with E-state index in [1.54, 1.807) is 24.7 Å². The Hall–Kier alpha value is -4.60. The fourth-order valence-electron chi connectivity index (χ4n) is 3.38. The molecule has 1 aromatic carbocycles. The first kappa shape index (κ1) is 21.6. The first-order valence-electron chi connectivity index (χ1n) is 10.2. The second kappa shape index (κ2) is 9.27. The van der Waals surface area contributed by atoms with Gasteiger partial charge in [0.25, 0.3) is 11.6 Å². The van der Waals surface area contributed by atoms with Crippen LogP contribution < -0.4 is 10.6 Å². The van der Waals surface area contributed by atoms with Crippen LogP contribution in [0.5, 0.6) is 0 Å². The number of aromatic nitrogens is 4. The van der Waals surface area contributed by atoms with Crippen LogP contribution in [-0.2, 0) is 0 Å². The number of nitrogens with zero attached hydrogens (tertiary/aromatic N) is 4. The van der Waals surface area contributed by atoms with E-state index in [0.717, 1.165) is 22.5 Å². The summed E-state index contributed by atoms with van der Waals surface area (Å²) in [6, 6.07) is 13.2. The van der Waals surface area contributed by atoms with Crippen LogP contribution in [0.4, 0.5) is 17.2 Å². The van der Waals surface area contributed by atoms with Crippen molar-refractivity contribution in [3.05, 3.63) is 94.1 Å². The smallest absolute Gasteiger partial charge is 0.293 e. The van der Waals surface area contributed by atoms with E-state index in [1.165, 1.54) is 18.2 Å². The number of nitrogens with one attached hydrogen (secondary N) is 3. The van der Waals surface area contributed by atoms with Crippen LogP contribution in [0.15, 0.2) is 67.1 Å². The van der Waals surface area contributed by atoms with Crippen LogP contribution in [-0.4, -0.2) is 31.0 Å². The van der Waals surface area contributed by atoms with Crippen LogP contribution in [0.25, 0.3) is 11.3 Å². The molecule has 0 saturated carbocycles. The second-order valence-electron chi connectivity index (χ2n) is 7.37. The maximum atomic E-state index is 12.8. The number of carbonyl (C=O) groups excluding carboxylic acids is 1. The highest BCUT2D eigenvalue weighted by molar-refractivity contribution is 6.05. The van der Waals surface area contributed by atoms with E-state index in [2.05, 4.69) is 30.8 Å². The number of rotatable bonds is 7. The van der Waals surface area contributed by atoms with Crippen LogP contribution in [0.2, 0.25) is 0 Å². The van der Waals surface area contributed by atoms with Gasteiger partial charge in [-0.25, -0.2) is 0 Å². The highest BCUT2D eigenvalue weighted by Crippen LogP contribution is 2.30. The Labute approximate surface area is 189 Å². The third-order valence-electron chi connectivity index (χ3n) is 5.17. The molecule has 0 aliphatic rings. The van der Waals surface area contributed by atoms with Crippen molar-refractivity contribution in [2.24, 2.45) is 0 Å². The molecule has 0 saturated heterocycles. The number of hydrogen-bond donors (Lipinski definition) is 3. The van der Waals surface area contributed by atoms with Gasteiger partial charge in [0.15, 0.2) is 5.82 Å². The molecule has 3 heterocycles. The lowest BCUT2D eigenvalue weighted by Gasteiger charge is -2.15. The van der Waals surface area contributed by atoms with Gasteiger partial charge in [-0.2, -0.15) is 5.10 Å². The van der Waals surface area contributed by atoms with Crippen molar-refractivity contribution in [3.63, 3.8) is 0 Å². The Morgan fingerprint density at radius 1 is 1.12 bits per heavy atom.